The van der Waals surface area contributed by atoms with Gasteiger partial charge in [-0.15, -0.1) is 0 Å². The average molecular weight is 241 g/mol. The summed E-state index contributed by atoms with van der Waals surface area (Å²) in [6.07, 6.45) is 3.66. The standard InChI is InChI=1S/C13H27N3O/c1-5-9-17-11-7-6-8-16(10-11)12(14)15-13(2,3)4/h11H,5-10H2,1-4H3,(H2,14,15). The number of aliphatic imine (C=N–C) groups is 1. The van der Waals surface area contributed by atoms with Crippen LogP contribution in [0.15, 0.2) is 4.99 Å². The molecule has 1 aliphatic heterocycles. The molecular formula is C13H27N3O. The number of ether oxygens (including phenoxy) is 1. The molecule has 1 heterocycles. The van der Waals surface area contributed by atoms with E-state index in [1.807, 2.05) is 0 Å². The topological polar surface area (TPSA) is 50.9 Å². The van der Waals surface area contributed by atoms with Crippen molar-refractivity contribution in [3.05, 3.63) is 0 Å². The maximum atomic E-state index is 6.05. The number of rotatable bonds is 3. The summed E-state index contributed by atoms with van der Waals surface area (Å²) < 4.78 is 5.79. The van der Waals surface area contributed by atoms with Gasteiger partial charge in [0.25, 0.3) is 0 Å². The number of hydrogen-bond acceptors (Lipinski definition) is 2. The second-order valence-electron chi connectivity index (χ2n) is 5.72. The molecule has 0 radical (unpaired) electrons. The molecule has 1 atom stereocenters. The fourth-order valence-electron chi connectivity index (χ4n) is 1.98. The Hall–Kier alpha value is -0.770. The monoisotopic (exact) mass is 241 g/mol. The van der Waals surface area contributed by atoms with Gasteiger partial charge in [0.05, 0.1) is 11.6 Å². The van der Waals surface area contributed by atoms with E-state index in [2.05, 4.69) is 37.6 Å². The molecule has 1 unspecified atom stereocenters. The summed E-state index contributed by atoms with van der Waals surface area (Å²) in [5, 5.41) is 0. The van der Waals surface area contributed by atoms with Crippen molar-refractivity contribution in [2.45, 2.75) is 58.6 Å². The molecule has 0 saturated carbocycles. The number of guanidine groups is 1. The van der Waals surface area contributed by atoms with Crippen LogP contribution in [0.5, 0.6) is 0 Å². The van der Waals surface area contributed by atoms with Gasteiger partial charge in [0, 0.05) is 19.7 Å². The SMILES string of the molecule is CCCOC1CCCN(C(N)=NC(C)(C)C)C1. The molecule has 0 aromatic carbocycles. The van der Waals surface area contributed by atoms with Crippen LogP contribution in [0.3, 0.4) is 0 Å². The van der Waals surface area contributed by atoms with Gasteiger partial charge >= 0.3 is 0 Å². The van der Waals surface area contributed by atoms with E-state index in [1.54, 1.807) is 0 Å². The first kappa shape index (κ1) is 14.3. The van der Waals surface area contributed by atoms with Crippen LogP contribution in [0.25, 0.3) is 0 Å². The maximum absolute atomic E-state index is 6.05. The summed E-state index contributed by atoms with van der Waals surface area (Å²) in [6, 6.07) is 0. The third kappa shape index (κ3) is 5.39. The molecule has 1 saturated heterocycles. The summed E-state index contributed by atoms with van der Waals surface area (Å²) in [7, 11) is 0. The highest BCUT2D eigenvalue weighted by molar-refractivity contribution is 5.78. The molecule has 0 bridgehead atoms. The minimum Gasteiger partial charge on any atom is -0.376 e. The van der Waals surface area contributed by atoms with E-state index in [0.717, 1.165) is 39.0 Å². The smallest absolute Gasteiger partial charge is 0.191 e. The van der Waals surface area contributed by atoms with Gasteiger partial charge in [0.2, 0.25) is 0 Å². The van der Waals surface area contributed by atoms with Crippen LogP contribution in [0.4, 0.5) is 0 Å². The Morgan fingerprint density at radius 2 is 2.18 bits per heavy atom. The average Bonchev–Trinajstić information content (AvgIpc) is 2.24. The number of nitrogens with zero attached hydrogens (tertiary/aromatic N) is 2. The first-order chi connectivity index (χ1) is 7.92. The second-order valence-corrected chi connectivity index (χ2v) is 5.72. The molecule has 100 valence electrons. The summed E-state index contributed by atoms with van der Waals surface area (Å²) in [6.45, 7) is 11.0. The predicted molar refractivity (Wildman–Crippen MR) is 72.2 cm³/mol. The molecule has 1 rings (SSSR count). The molecule has 1 fully saturated rings. The third-order valence-corrected chi connectivity index (χ3v) is 2.71. The lowest BCUT2D eigenvalue weighted by molar-refractivity contribution is 0.0161. The molecule has 1 aliphatic rings. The van der Waals surface area contributed by atoms with Crippen molar-refractivity contribution in [3.8, 4) is 0 Å². The van der Waals surface area contributed by atoms with Crippen molar-refractivity contribution in [2.24, 2.45) is 10.7 Å². The zero-order chi connectivity index (χ0) is 12.9. The van der Waals surface area contributed by atoms with Crippen LogP contribution < -0.4 is 5.73 Å². The highest BCUT2D eigenvalue weighted by Gasteiger charge is 2.22. The number of piperidine rings is 1. The molecule has 4 heteroatoms. The van der Waals surface area contributed by atoms with Crippen LogP contribution in [-0.4, -0.2) is 42.2 Å². The zero-order valence-corrected chi connectivity index (χ0v) is 11.7. The van der Waals surface area contributed by atoms with Crippen molar-refractivity contribution < 1.29 is 4.74 Å². The van der Waals surface area contributed by atoms with Crippen LogP contribution >= 0.6 is 0 Å². The van der Waals surface area contributed by atoms with Gasteiger partial charge in [0.15, 0.2) is 5.96 Å². The zero-order valence-electron chi connectivity index (χ0n) is 11.7. The Morgan fingerprint density at radius 1 is 1.47 bits per heavy atom. The van der Waals surface area contributed by atoms with Crippen LogP contribution in [0.2, 0.25) is 0 Å². The van der Waals surface area contributed by atoms with Crippen LogP contribution in [0, 0.1) is 0 Å². The predicted octanol–water partition coefficient (Wildman–Crippen LogP) is 1.99. The highest BCUT2D eigenvalue weighted by atomic mass is 16.5. The summed E-state index contributed by atoms with van der Waals surface area (Å²) in [5.41, 5.74) is 5.94. The molecule has 0 aromatic heterocycles. The Bertz CT molecular complexity index is 258. The van der Waals surface area contributed by atoms with Crippen molar-refractivity contribution in [1.82, 2.24) is 4.90 Å². The van der Waals surface area contributed by atoms with E-state index in [4.69, 9.17) is 10.5 Å². The molecule has 2 N–H and O–H groups in total. The quantitative estimate of drug-likeness (QED) is 0.607. The lowest BCUT2D eigenvalue weighted by Gasteiger charge is -2.34. The second kappa shape index (κ2) is 6.24. The summed E-state index contributed by atoms with van der Waals surface area (Å²) in [4.78, 5) is 6.66. The Balaban J connectivity index is 2.51. The van der Waals surface area contributed by atoms with Crippen LogP contribution in [-0.2, 0) is 4.74 Å². The summed E-state index contributed by atoms with van der Waals surface area (Å²) in [5.74, 6) is 0.655. The lowest BCUT2D eigenvalue weighted by Crippen LogP contribution is -2.47. The summed E-state index contributed by atoms with van der Waals surface area (Å²) >= 11 is 0. The number of nitrogens with two attached hydrogens (primary N) is 1. The normalized spacial score (nSPS) is 22.9. The molecule has 17 heavy (non-hydrogen) atoms. The Labute approximate surface area is 105 Å². The van der Waals surface area contributed by atoms with Crippen LogP contribution in [0.1, 0.15) is 47.0 Å². The molecule has 0 aromatic rings. The van der Waals surface area contributed by atoms with E-state index < -0.39 is 0 Å². The maximum Gasteiger partial charge on any atom is 0.191 e. The Morgan fingerprint density at radius 3 is 2.76 bits per heavy atom. The van der Waals surface area contributed by atoms with E-state index in [1.165, 1.54) is 0 Å². The highest BCUT2D eigenvalue weighted by Crippen LogP contribution is 2.15. The van der Waals surface area contributed by atoms with Gasteiger partial charge in [0.1, 0.15) is 0 Å². The van der Waals surface area contributed by atoms with Gasteiger partial charge in [-0.05, 0) is 40.0 Å². The molecule has 0 aliphatic carbocycles. The van der Waals surface area contributed by atoms with E-state index in [-0.39, 0.29) is 5.54 Å². The van der Waals surface area contributed by atoms with Gasteiger partial charge < -0.3 is 15.4 Å². The lowest BCUT2D eigenvalue weighted by atomic mass is 10.1. The van der Waals surface area contributed by atoms with Crippen molar-refractivity contribution in [3.63, 3.8) is 0 Å². The molecule has 4 nitrogen and oxygen atoms in total. The fraction of sp³-hybridized carbons (Fsp3) is 0.923. The third-order valence-electron chi connectivity index (χ3n) is 2.71. The van der Waals surface area contributed by atoms with E-state index >= 15 is 0 Å². The van der Waals surface area contributed by atoms with Gasteiger partial charge in [-0.2, -0.15) is 0 Å². The number of likely N-dealkylation sites (tertiary alicyclic amines) is 1. The largest absolute Gasteiger partial charge is 0.376 e. The van der Waals surface area contributed by atoms with E-state index in [9.17, 15) is 0 Å². The minimum absolute atomic E-state index is 0.110. The molecule has 0 spiro atoms. The van der Waals surface area contributed by atoms with E-state index in [0.29, 0.717) is 12.1 Å². The number of hydrogen-bond donors (Lipinski definition) is 1. The molecule has 0 amide bonds. The van der Waals surface area contributed by atoms with Crippen molar-refractivity contribution in [1.29, 1.82) is 0 Å². The minimum atomic E-state index is -0.110. The van der Waals surface area contributed by atoms with Gasteiger partial charge in [-0.1, -0.05) is 6.92 Å². The Kier molecular flexibility index (Phi) is 5.25. The first-order valence-corrected chi connectivity index (χ1v) is 6.64. The van der Waals surface area contributed by atoms with Gasteiger partial charge in [-0.25, -0.2) is 4.99 Å². The van der Waals surface area contributed by atoms with Crippen molar-refractivity contribution in [2.75, 3.05) is 19.7 Å². The van der Waals surface area contributed by atoms with Gasteiger partial charge in [-0.3, -0.25) is 0 Å². The molecular weight excluding hydrogens is 214 g/mol. The fourth-order valence-corrected chi connectivity index (χ4v) is 1.98. The first-order valence-electron chi connectivity index (χ1n) is 6.64. The van der Waals surface area contributed by atoms with Crippen molar-refractivity contribution >= 4 is 5.96 Å².